The van der Waals surface area contributed by atoms with E-state index in [1.54, 1.807) is 0 Å². The van der Waals surface area contributed by atoms with Gasteiger partial charge in [-0.05, 0) is 6.42 Å². The first-order chi connectivity index (χ1) is 4.34. The zero-order valence-corrected chi connectivity index (χ0v) is 5.09. The summed E-state index contributed by atoms with van der Waals surface area (Å²) in [5, 5.41) is 2.66. The minimum Gasteiger partial charge on any atom is -0.356 e. The largest absolute Gasteiger partial charge is 0.356 e. The molecule has 1 aliphatic rings. The molecule has 0 spiro atoms. The van der Waals surface area contributed by atoms with E-state index in [2.05, 4.69) is 5.32 Å². The molecule has 0 aromatic carbocycles. The van der Waals surface area contributed by atoms with Gasteiger partial charge in [0.15, 0.2) is 0 Å². The molecular weight excluding hydrogens is 118 g/mol. The predicted molar refractivity (Wildman–Crippen MR) is 31.8 cm³/mol. The summed E-state index contributed by atoms with van der Waals surface area (Å²) in [7, 11) is 0. The molecule has 1 heterocycles. The molecule has 1 rings (SSSR count). The topological polar surface area (TPSA) is 46.2 Å². The second-order valence-corrected chi connectivity index (χ2v) is 2.18. The Morgan fingerprint density at radius 1 is 1.78 bits per heavy atom. The molecule has 0 aliphatic carbocycles. The SMILES string of the molecule is O=CCC1CCNC1=O. The lowest BCUT2D eigenvalue weighted by atomic mass is 10.1. The average Bonchev–Trinajstić information content (AvgIpc) is 2.18. The highest BCUT2D eigenvalue weighted by atomic mass is 16.2. The van der Waals surface area contributed by atoms with E-state index in [0.29, 0.717) is 6.42 Å². The molecular formula is C6H9NO2. The summed E-state index contributed by atoms with van der Waals surface area (Å²) in [6.07, 6.45) is 2.00. The van der Waals surface area contributed by atoms with Crippen molar-refractivity contribution in [1.82, 2.24) is 5.32 Å². The number of aldehydes is 1. The molecule has 1 amide bonds. The quantitative estimate of drug-likeness (QED) is 0.518. The summed E-state index contributed by atoms with van der Waals surface area (Å²) in [5.41, 5.74) is 0. The van der Waals surface area contributed by atoms with Crippen molar-refractivity contribution in [2.45, 2.75) is 12.8 Å². The number of hydrogen-bond donors (Lipinski definition) is 1. The third kappa shape index (κ3) is 1.28. The Labute approximate surface area is 53.4 Å². The van der Waals surface area contributed by atoms with Crippen molar-refractivity contribution in [2.24, 2.45) is 5.92 Å². The van der Waals surface area contributed by atoms with Gasteiger partial charge in [-0.2, -0.15) is 0 Å². The zero-order valence-electron chi connectivity index (χ0n) is 5.09. The third-order valence-corrected chi connectivity index (χ3v) is 1.54. The molecule has 0 aromatic heterocycles. The number of amides is 1. The van der Waals surface area contributed by atoms with Crippen LogP contribution in [-0.4, -0.2) is 18.7 Å². The van der Waals surface area contributed by atoms with E-state index in [1.165, 1.54) is 0 Å². The zero-order chi connectivity index (χ0) is 6.69. The van der Waals surface area contributed by atoms with Crippen LogP contribution in [0.1, 0.15) is 12.8 Å². The van der Waals surface area contributed by atoms with E-state index in [1.807, 2.05) is 0 Å². The average molecular weight is 127 g/mol. The summed E-state index contributed by atoms with van der Waals surface area (Å²) in [4.78, 5) is 20.6. The molecule has 1 aliphatic heterocycles. The van der Waals surface area contributed by atoms with Gasteiger partial charge in [-0.1, -0.05) is 0 Å². The summed E-state index contributed by atoms with van der Waals surface area (Å²) in [6.45, 7) is 0.733. The lowest BCUT2D eigenvalue weighted by Crippen LogP contribution is -2.19. The molecule has 1 N–H and O–H groups in total. The summed E-state index contributed by atoms with van der Waals surface area (Å²) in [6, 6.07) is 0. The van der Waals surface area contributed by atoms with Crippen LogP contribution in [-0.2, 0) is 9.59 Å². The lowest BCUT2D eigenvalue weighted by molar-refractivity contribution is -0.124. The highest BCUT2D eigenvalue weighted by molar-refractivity contribution is 5.82. The number of nitrogens with one attached hydrogen (secondary N) is 1. The van der Waals surface area contributed by atoms with Crippen LogP contribution in [0.4, 0.5) is 0 Å². The first kappa shape index (κ1) is 6.26. The molecule has 1 unspecified atom stereocenters. The van der Waals surface area contributed by atoms with E-state index in [-0.39, 0.29) is 11.8 Å². The Bertz CT molecular complexity index is 133. The molecule has 0 radical (unpaired) electrons. The Morgan fingerprint density at radius 2 is 2.56 bits per heavy atom. The summed E-state index contributed by atoms with van der Waals surface area (Å²) >= 11 is 0. The van der Waals surface area contributed by atoms with Crippen LogP contribution in [0, 0.1) is 5.92 Å². The molecule has 3 heteroatoms. The van der Waals surface area contributed by atoms with Gasteiger partial charge in [0.1, 0.15) is 6.29 Å². The van der Waals surface area contributed by atoms with Crippen molar-refractivity contribution in [3.8, 4) is 0 Å². The maximum absolute atomic E-state index is 10.7. The lowest BCUT2D eigenvalue weighted by Gasteiger charge is -1.96. The molecule has 1 fully saturated rings. The van der Waals surface area contributed by atoms with E-state index < -0.39 is 0 Å². The van der Waals surface area contributed by atoms with Gasteiger partial charge < -0.3 is 10.1 Å². The Balaban J connectivity index is 2.39. The first-order valence-corrected chi connectivity index (χ1v) is 3.06. The standard InChI is InChI=1S/C6H9NO2/c8-4-2-5-1-3-7-6(5)9/h4-5H,1-3H2,(H,7,9). The van der Waals surface area contributed by atoms with Gasteiger partial charge in [0, 0.05) is 18.9 Å². The van der Waals surface area contributed by atoms with Crippen LogP contribution >= 0.6 is 0 Å². The Kier molecular flexibility index (Phi) is 1.82. The monoisotopic (exact) mass is 127 g/mol. The molecule has 0 aromatic rings. The summed E-state index contributed by atoms with van der Waals surface area (Å²) < 4.78 is 0. The number of hydrogen-bond acceptors (Lipinski definition) is 2. The fourth-order valence-electron chi connectivity index (χ4n) is 0.986. The second kappa shape index (κ2) is 2.62. The fourth-order valence-corrected chi connectivity index (χ4v) is 0.986. The number of carbonyl (C=O) groups is 2. The molecule has 1 saturated heterocycles. The molecule has 3 nitrogen and oxygen atoms in total. The summed E-state index contributed by atoms with van der Waals surface area (Å²) in [5.74, 6) is -0.00963. The Morgan fingerprint density at radius 3 is 3.00 bits per heavy atom. The number of rotatable bonds is 2. The predicted octanol–water partition coefficient (Wildman–Crippen LogP) is -0.289. The van der Waals surface area contributed by atoms with Gasteiger partial charge in [0.05, 0.1) is 0 Å². The smallest absolute Gasteiger partial charge is 0.223 e. The van der Waals surface area contributed by atoms with Crippen LogP contribution in [0.25, 0.3) is 0 Å². The minimum atomic E-state index is -0.0394. The van der Waals surface area contributed by atoms with E-state index in [0.717, 1.165) is 19.3 Å². The van der Waals surface area contributed by atoms with E-state index in [9.17, 15) is 9.59 Å². The van der Waals surface area contributed by atoms with Gasteiger partial charge in [0.25, 0.3) is 0 Å². The van der Waals surface area contributed by atoms with Gasteiger partial charge in [-0.15, -0.1) is 0 Å². The van der Waals surface area contributed by atoms with Gasteiger partial charge >= 0.3 is 0 Å². The highest BCUT2D eigenvalue weighted by Crippen LogP contribution is 2.11. The Hall–Kier alpha value is -0.860. The highest BCUT2D eigenvalue weighted by Gasteiger charge is 2.22. The van der Waals surface area contributed by atoms with Crippen molar-refractivity contribution < 1.29 is 9.59 Å². The normalized spacial score (nSPS) is 25.8. The van der Waals surface area contributed by atoms with Crippen LogP contribution in [0.15, 0.2) is 0 Å². The molecule has 50 valence electrons. The molecule has 0 saturated carbocycles. The fraction of sp³-hybridized carbons (Fsp3) is 0.667. The van der Waals surface area contributed by atoms with Crippen molar-refractivity contribution in [3.05, 3.63) is 0 Å². The van der Waals surface area contributed by atoms with Crippen molar-refractivity contribution in [1.29, 1.82) is 0 Å². The minimum absolute atomic E-state index is 0.0297. The van der Waals surface area contributed by atoms with Crippen molar-refractivity contribution in [3.63, 3.8) is 0 Å². The van der Waals surface area contributed by atoms with E-state index >= 15 is 0 Å². The van der Waals surface area contributed by atoms with Crippen molar-refractivity contribution in [2.75, 3.05) is 6.54 Å². The van der Waals surface area contributed by atoms with Crippen LogP contribution in [0.3, 0.4) is 0 Å². The van der Waals surface area contributed by atoms with Crippen LogP contribution in [0.2, 0.25) is 0 Å². The maximum Gasteiger partial charge on any atom is 0.223 e. The first-order valence-electron chi connectivity index (χ1n) is 3.06. The molecule has 1 atom stereocenters. The van der Waals surface area contributed by atoms with Crippen LogP contribution < -0.4 is 5.32 Å². The van der Waals surface area contributed by atoms with Crippen LogP contribution in [0.5, 0.6) is 0 Å². The van der Waals surface area contributed by atoms with Crippen molar-refractivity contribution >= 4 is 12.2 Å². The third-order valence-electron chi connectivity index (χ3n) is 1.54. The van der Waals surface area contributed by atoms with Gasteiger partial charge in [-0.3, -0.25) is 4.79 Å². The molecule has 0 bridgehead atoms. The molecule has 9 heavy (non-hydrogen) atoms. The second-order valence-electron chi connectivity index (χ2n) is 2.18. The maximum atomic E-state index is 10.7. The van der Waals surface area contributed by atoms with Gasteiger partial charge in [-0.25, -0.2) is 0 Å². The number of carbonyl (C=O) groups excluding carboxylic acids is 2. The van der Waals surface area contributed by atoms with E-state index in [4.69, 9.17) is 0 Å². The van der Waals surface area contributed by atoms with Gasteiger partial charge in [0.2, 0.25) is 5.91 Å².